The molecule has 38 heavy (non-hydrogen) atoms. The van der Waals surface area contributed by atoms with E-state index in [4.69, 9.17) is 14.2 Å². The molecule has 2 aliphatic heterocycles. The van der Waals surface area contributed by atoms with Gasteiger partial charge in [-0.1, -0.05) is 30.3 Å². The number of aliphatic hydroxyl groups is 2. The first-order chi connectivity index (χ1) is 18.5. The lowest BCUT2D eigenvalue weighted by Crippen LogP contribution is -2.57. The lowest BCUT2D eigenvalue weighted by Gasteiger charge is -2.41. The van der Waals surface area contributed by atoms with Crippen LogP contribution in [0, 0.1) is 0 Å². The lowest BCUT2D eigenvalue weighted by molar-refractivity contribution is -0.146. The van der Waals surface area contributed by atoms with Gasteiger partial charge in [0.1, 0.15) is 29.8 Å². The van der Waals surface area contributed by atoms with Crippen LogP contribution in [0.15, 0.2) is 60.2 Å². The first-order valence-corrected chi connectivity index (χ1v) is 13.1. The van der Waals surface area contributed by atoms with Gasteiger partial charge in [-0.15, -0.1) is 0 Å². The maximum atomic E-state index is 13.8. The Balaban J connectivity index is 1.50. The minimum atomic E-state index is -1.07. The number of ether oxygens (including phenoxy) is 3. The molecule has 2 aromatic rings. The van der Waals surface area contributed by atoms with Crippen molar-refractivity contribution in [1.29, 1.82) is 0 Å². The van der Waals surface area contributed by atoms with E-state index in [2.05, 4.69) is 5.32 Å². The zero-order valence-electron chi connectivity index (χ0n) is 21.4. The Morgan fingerprint density at radius 3 is 2.79 bits per heavy atom. The van der Waals surface area contributed by atoms with E-state index >= 15 is 0 Å². The second kappa shape index (κ2) is 11.6. The largest absolute Gasteiger partial charge is 0.497 e. The van der Waals surface area contributed by atoms with Gasteiger partial charge in [-0.2, -0.15) is 0 Å². The summed E-state index contributed by atoms with van der Waals surface area (Å²) in [7, 11) is 1.61. The number of hydrogen-bond donors (Lipinski definition) is 3. The predicted octanol–water partition coefficient (Wildman–Crippen LogP) is 1.57. The Morgan fingerprint density at radius 1 is 1.18 bits per heavy atom. The Kier molecular flexibility index (Phi) is 7.97. The lowest BCUT2D eigenvalue weighted by atomic mass is 9.77. The molecule has 2 amide bonds. The van der Waals surface area contributed by atoms with Crippen molar-refractivity contribution in [2.45, 2.75) is 49.5 Å². The van der Waals surface area contributed by atoms with E-state index in [0.29, 0.717) is 37.3 Å². The molecule has 0 bridgehead atoms. The van der Waals surface area contributed by atoms with E-state index in [-0.39, 0.29) is 25.0 Å². The highest BCUT2D eigenvalue weighted by molar-refractivity contribution is 5.96. The molecule has 202 valence electrons. The van der Waals surface area contributed by atoms with Gasteiger partial charge >= 0.3 is 0 Å². The molecule has 1 unspecified atom stereocenters. The fourth-order valence-electron chi connectivity index (χ4n) is 5.63. The highest BCUT2D eigenvalue weighted by atomic mass is 16.5. The average molecular weight is 523 g/mol. The van der Waals surface area contributed by atoms with Crippen LogP contribution < -0.4 is 14.8 Å². The van der Waals surface area contributed by atoms with E-state index < -0.39 is 30.3 Å². The predicted molar refractivity (Wildman–Crippen MR) is 139 cm³/mol. The number of carbonyl (C=O) groups excluding carboxylic acids is 2. The summed E-state index contributed by atoms with van der Waals surface area (Å²) in [6.07, 6.45) is 1.22. The van der Waals surface area contributed by atoms with Gasteiger partial charge in [0.2, 0.25) is 5.91 Å². The standard InChI is InChI=1S/C29H34N2O7/c1-36-19-7-4-6-18(16-19)11-13-31(29(35)24-10-5-15-37-24)22-17-21(28(34)30-12-14-32)25-20-8-2-3-9-23(20)38-27(25)26(22)33/h2-4,6-9,16-17,22,24-27,32-33H,5,10-15H2,1H3,(H,30,34)/t22-,24?,25+,26+,27+/m1/s1. The molecule has 1 saturated heterocycles. The molecule has 0 spiro atoms. The van der Waals surface area contributed by atoms with Gasteiger partial charge in [-0.05, 0) is 49.1 Å². The van der Waals surface area contributed by atoms with Crippen molar-refractivity contribution in [3.05, 3.63) is 71.3 Å². The third-order valence-electron chi connectivity index (χ3n) is 7.50. The van der Waals surface area contributed by atoms with Crippen LogP contribution in [0.5, 0.6) is 11.5 Å². The molecule has 1 fully saturated rings. The molecule has 3 aliphatic rings. The number of rotatable bonds is 9. The quantitative estimate of drug-likeness (QED) is 0.458. The highest BCUT2D eigenvalue weighted by Gasteiger charge is 2.50. The molecule has 5 rings (SSSR count). The van der Waals surface area contributed by atoms with Gasteiger partial charge in [0.25, 0.3) is 5.91 Å². The van der Waals surface area contributed by atoms with E-state index in [9.17, 15) is 19.8 Å². The van der Waals surface area contributed by atoms with E-state index in [1.54, 1.807) is 18.1 Å². The van der Waals surface area contributed by atoms with Crippen molar-refractivity contribution < 1.29 is 34.0 Å². The molecule has 2 heterocycles. The van der Waals surface area contributed by atoms with Crippen molar-refractivity contribution in [3.8, 4) is 11.5 Å². The van der Waals surface area contributed by atoms with Gasteiger partial charge in [0.15, 0.2) is 0 Å². The van der Waals surface area contributed by atoms with Crippen LogP contribution in [0.4, 0.5) is 0 Å². The Bertz CT molecular complexity index is 1190. The van der Waals surface area contributed by atoms with Gasteiger partial charge in [0.05, 0.1) is 25.7 Å². The number of hydrogen-bond acceptors (Lipinski definition) is 7. The van der Waals surface area contributed by atoms with Crippen LogP contribution in [0.25, 0.3) is 0 Å². The number of nitrogens with zero attached hydrogens (tertiary/aromatic N) is 1. The molecule has 5 atom stereocenters. The number of fused-ring (bicyclic) bond motifs is 3. The second-order valence-electron chi connectivity index (χ2n) is 9.82. The molecule has 3 N–H and O–H groups in total. The Morgan fingerprint density at radius 2 is 2.03 bits per heavy atom. The first kappa shape index (κ1) is 26.2. The summed E-state index contributed by atoms with van der Waals surface area (Å²) in [5, 5.41) is 23.6. The van der Waals surface area contributed by atoms with Crippen LogP contribution >= 0.6 is 0 Å². The minimum Gasteiger partial charge on any atom is -0.497 e. The zero-order valence-corrected chi connectivity index (χ0v) is 21.4. The van der Waals surface area contributed by atoms with Crippen LogP contribution in [0.2, 0.25) is 0 Å². The summed E-state index contributed by atoms with van der Waals surface area (Å²) in [5.74, 6) is 0.267. The zero-order chi connectivity index (χ0) is 26.6. The summed E-state index contributed by atoms with van der Waals surface area (Å²) in [6.45, 7) is 0.717. The third-order valence-corrected chi connectivity index (χ3v) is 7.50. The number of amides is 2. The van der Waals surface area contributed by atoms with Gasteiger partial charge in [0, 0.05) is 30.8 Å². The topological polar surface area (TPSA) is 118 Å². The highest BCUT2D eigenvalue weighted by Crippen LogP contribution is 2.47. The smallest absolute Gasteiger partial charge is 0.252 e. The number of para-hydroxylation sites is 1. The number of carbonyl (C=O) groups is 2. The molecule has 9 heteroatoms. The summed E-state index contributed by atoms with van der Waals surface area (Å²) >= 11 is 0. The fourth-order valence-corrected chi connectivity index (χ4v) is 5.63. The molecule has 0 aromatic heterocycles. The summed E-state index contributed by atoms with van der Waals surface area (Å²) in [4.78, 5) is 28.7. The van der Waals surface area contributed by atoms with Crippen molar-refractivity contribution in [1.82, 2.24) is 10.2 Å². The van der Waals surface area contributed by atoms with Gasteiger partial charge in [-0.25, -0.2) is 0 Å². The summed E-state index contributed by atoms with van der Waals surface area (Å²) in [6, 6.07) is 14.3. The van der Waals surface area contributed by atoms with Crippen LogP contribution in [-0.2, 0) is 20.7 Å². The van der Waals surface area contributed by atoms with Crippen molar-refractivity contribution >= 4 is 11.8 Å². The number of nitrogens with one attached hydrogen (secondary N) is 1. The number of benzene rings is 2. The summed E-state index contributed by atoms with van der Waals surface area (Å²) < 4.78 is 17.2. The normalized spacial score (nSPS) is 25.6. The fraction of sp³-hybridized carbons (Fsp3) is 0.448. The number of aliphatic hydroxyl groups excluding tert-OH is 2. The number of methoxy groups -OCH3 is 1. The first-order valence-electron chi connectivity index (χ1n) is 13.1. The SMILES string of the molecule is COc1cccc(CCN(C(=O)C2CCCO2)[C@@H]2C=C(C(=O)NCCO)[C@@H]3c4ccccc4O[C@@H]3[C@H]2O)c1. The second-order valence-corrected chi connectivity index (χ2v) is 9.82. The summed E-state index contributed by atoms with van der Waals surface area (Å²) in [5.41, 5.74) is 2.20. The molecule has 0 saturated carbocycles. The van der Waals surface area contributed by atoms with E-state index in [1.165, 1.54) is 0 Å². The van der Waals surface area contributed by atoms with Crippen LogP contribution in [-0.4, -0.2) is 84.7 Å². The van der Waals surface area contributed by atoms with Gasteiger partial charge in [-0.3, -0.25) is 9.59 Å². The molecule has 9 nitrogen and oxygen atoms in total. The minimum absolute atomic E-state index is 0.0949. The van der Waals surface area contributed by atoms with Crippen LogP contribution in [0.1, 0.15) is 29.9 Å². The van der Waals surface area contributed by atoms with Crippen LogP contribution in [0.3, 0.4) is 0 Å². The van der Waals surface area contributed by atoms with E-state index in [1.807, 2.05) is 48.5 Å². The monoisotopic (exact) mass is 522 g/mol. The Hall–Kier alpha value is -3.40. The molecule has 2 aromatic carbocycles. The van der Waals surface area contributed by atoms with Crippen molar-refractivity contribution in [2.24, 2.45) is 0 Å². The molecular formula is C29H34N2O7. The van der Waals surface area contributed by atoms with Crippen molar-refractivity contribution in [3.63, 3.8) is 0 Å². The van der Waals surface area contributed by atoms with E-state index in [0.717, 1.165) is 23.3 Å². The van der Waals surface area contributed by atoms with Crippen molar-refractivity contribution in [2.75, 3.05) is 33.4 Å². The molecular weight excluding hydrogens is 488 g/mol. The molecule has 0 radical (unpaired) electrons. The Labute approximate surface area is 222 Å². The maximum absolute atomic E-state index is 13.8. The molecule has 1 aliphatic carbocycles. The average Bonchev–Trinajstić information content (AvgIpc) is 3.62. The van der Waals surface area contributed by atoms with Gasteiger partial charge < -0.3 is 34.6 Å². The maximum Gasteiger partial charge on any atom is 0.252 e. The third kappa shape index (κ3) is 5.14.